The molecule has 1 aromatic rings. The molecule has 0 saturated carbocycles. The zero-order chi connectivity index (χ0) is 13.0. The minimum atomic E-state index is -1.37. The van der Waals surface area contributed by atoms with E-state index in [9.17, 15) is 9.59 Å². The van der Waals surface area contributed by atoms with E-state index in [1.165, 1.54) is 0 Å². The van der Waals surface area contributed by atoms with Crippen LogP contribution in [0, 0.1) is 3.57 Å². The maximum absolute atomic E-state index is 11.7. The van der Waals surface area contributed by atoms with Gasteiger partial charge in [0.2, 0.25) is 5.91 Å². The summed E-state index contributed by atoms with van der Waals surface area (Å²) in [4.78, 5) is 22.3. The van der Waals surface area contributed by atoms with E-state index in [1.54, 1.807) is 12.1 Å². The first-order valence-corrected chi connectivity index (χ1v) is 6.49. The number of carbonyl (C=O) groups excluding carboxylic acids is 2. The molecule has 0 fully saturated rings. The molecular formula is C10H10BrIN2O3. The molecule has 4 N–H and O–H groups in total. The summed E-state index contributed by atoms with van der Waals surface area (Å²) in [5, 5.41) is 11.6. The Labute approximate surface area is 120 Å². The van der Waals surface area contributed by atoms with E-state index < -0.39 is 12.0 Å². The van der Waals surface area contributed by atoms with Gasteiger partial charge in [-0.1, -0.05) is 0 Å². The van der Waals surface area contributed by atoms with Gasteiger partial charge in [-0.3, -0.25) is 9.59 Å². The lowest BCUT2D eigenvalue weighted by molar-refractivity contribution is -0.125. The molecule has 5 nitrogen and oxygen atoms in total. The molecule has 0 aliphatic rings. The van der Waals surface area contributed by atoms with Crippen molar-refractivity contribution in [3.63, 3.8) is 0 Å². The zero-order valence-electron chi connectivity index (χ0n) is 8.61. The Kier molecular flexibility index (Phi) is 5.34. The molecule has 0 aliphatic heterocycles. The van der Waals surface area contributed by atoms with Crippen molar-refractivity contribution >= 4 is 50.3 Å². The number of nitrogens with one attached hydrogen (secondary N) is 1. The molecule has 0 bridgehead atoms. The molecule has 2 amide bonds. The minimum Gasteiger partial charge on any atom is -0.381 e. The van der Waals surface area contributed by atoms with Crippen LogP contribution in [0.3, 0.4) is 0 Å². The third kappa shape index (κ3) is 4.25. The molecule has 0 aromatic heterocycles. The van der Waals surface area contributed by atoms with Gasteiger partial charge in [0.15, 0.2) is 0 Å². The second kappa shape index (κ2) is 6.31. The summed E-state index contributed by atoms with van der Waals surface area (Å²) in [7, 11) is 0. The van der Waals surface area contributed by atoms with Crippen LogP contribution in [0.1, 0.15) is 10.4 Å². The molecule has 1 atom stereocenters. The average Bonchev–Trinajstić information content (AvgIpc) is 2.28. The number of halogens is 2. The summed E-state index contributed by atoms with van der Waals surface area (Å²) in [6.07, 6.45) is -1.37. The lowest BCUT2D eigenvalue weighted by atomic mass is 10.2. The van der Waals surface area contributed by atoms with Gasteiger partial charge in [0, 0.05) is 8.04 Å². The Balaban J connectivity index is 2.70. The van der Waals surface area contributed by atoms with Crippen molar-refractivity contribution in [2.24, 2.45) is 5.73 Å². The van der Waals surface area contributed by atoms with Crippen LogP contribution >= 0.6 is 38.5 Å². The number of carbonyl (C=O) groups is 2. The molecule has 92 valence electrons. The molecule has 0 saturated heterocycles. The molecule has 0 aliphatic carbocycles. The van der Waals surface area contributed by atoms with E-state index >= 15 is 0 Å². The lowest BCUT2D eigenvalue weighted by Gasteiger charge is -2.09. The van der Waals surface area contributed by atoms with Gasteiger partial charge in [-0.15, -0.1) is 0 Å². The summed E-state index contributed by atoms with van der Waals surface area (Å²) < 4.78 is 1.55. The van der Waals surface area contributed by atoms with E-state index in [0.29, 0.717) is 10.0 Å². The van der Waals surface area contributed by atoms with Crippen LogP contribution in [0.25, 0.3) is 0 Å². The number of aliphatic hydroxyl groups excluding tert-OH is 1. The summed E-state index contributed by atoms with van der Waals surface area (Å²) in [6, 6.07) is 5.29. The normalized spacial score (nSPS) is 11.9. The van der Waals surface area contributed by atoms with Gasteiger partial charge in [-0.05, 0) is 56.7 Å². The fraction of sp³-hybridized carbons (Fsp3) is 0.200. The highest BCUT2D eigenvalue weighted by atomic mass is 127. The van der Waals surface area contributed by atoms with Crippen LogP contribution in [0.4, 0.5) is 0 Å². The highest BCUT2D eigenvalue weighted by Gasteiger charge is 2.15. The Hall–Kier alpha value is -0.670. The largest absolute Gasteiger partial charge is 0.381 e. The standard InChI is InChI=1S/C10H10BrIN2O3/c11-7-2-1-5(12)3-6(7)10(17)14-4-8(15)9(13)16/h1-3,8,15H,4H2,(H2,13,16)(H,14,17). The molecule has 0 spiro atoms. The van der Waals surface area contributed by atoms with Gasteiger partial charge in [-0.2, -0.15) is 0 Å². The monoisotopic (exact) mass is 412 g/mol. The lowest BCUT2D eigenvalue weighted by Crippen LogP contribution is -2.40. The second-order valence-corrected chi connectivity index (χ2v) is 5.35. The van der Waals surface area contributed by atoms with Gasteiger partial charge in [0.1, 0.15) is 6.10 Å². The smallest absolute Gasteiger partial charge is 0.252 e. The molecule has 0 heterocycles. The molecule has 1 aromatic carbocycles. The number of rotatable bonds is 4. The number of hydrogen-bond acceptors (Lipinski definition) is 3. The maximum Gasteiger partial charge on any atom is 0.252 e. The molecular weight excluding hydrogens is 403 g/mol. The van der Waals surface area contributed by atoms with Gasteiger partial charge in [0.05, 0.1) is 12.1 Å². The van der Waals surface area contributed by atoms with E-state index in [1.807, 2.05) is 6.07 Å². The minimum absolute atomic E-state index is 0.202. The summed E-state index contributed by atoms with van der Waals surface area (Å²) in [6.45, 7) is -0.202. The first-order chi connectivity index (χ1) is 7.91. The van der Waals surface area contributed by atoms with Crippen molar-refractivity contribution < 1.29 is 14.7 Å². The number of amides is 2. The number of benzene rings is 1. The summed E-state index contributed by atoms with van der Waals surface area (Å²) in [5.74, 6) is -1.25. The maximum atomic E-state index is 11.7. The SMILES string of the molecule is NC(=O)C(O)CNC(=O)c1cc(I)ccc1Br. The Bertz CT molecular complexity index is 453. The molecule has 0 radical (unpaired) electrons. The van der Waals surface area contributed by atoms with Crippen molar-refractivity contribution in [3.8, 4) is 0 Å². The third-order valence-corrected chi connectivity index (χ3v) is 3.32. The number of nitrogens with two attached hydrogens (primary N) is 1. The van der Waals surface area contributed by atoms with Crippen LogP contribution < -0.4 is 11.1 Å². The fourth-order valence-corrected chi connectivity index (χ4v) is 1.97. The number of primary amides is 1. The van der Waals surface area contributed by atoms with Crippen LogP contribution in [-0.2, 0) is 4.79 Å². The van der Waals surface area contributed by atoms with Crippen LogP contribution in [0.2, 0.25) is 0 Å². The van der Waals surface area contributed by atoms with Crippen LogP contribution in [-0.4, -0.2) is 29.6 Å². The highest BCUT2D eigenvalue weighted by molar-refractivity contribution is 14.1. The van der Waals surface area contributed by atoms with Crippen molar-refractivity contribution in [2.75, 3.05) is 6.54 Å². The van der Waals surface area contributed by atoms with E-state index in [2.05, 4.69) is 43.8 Å². The molecule has 1 unspecified atom stereocenters. The number of aliphatic hydroxyl groups is 1. The summed E-state index contributed by atoms with van der Waals surface area (Å²) >= 11 is 5.33. The first kappa shape index (κ1) is 14.4. The van der Waals surface area contributed by atoms with E-state index in [4.69, 9.17) is 10.8 Å². The topological polar surface area (TPSA) is 92.4 Å². The Morgan fingerprint density at radius 2 is 2.18 bits per heavy atom. The van der Waals surface area contributed by atoms with Gasteiger partial charge < -0.3 is 16.2 Å². The second-order valence-electron chi connectivity index (χ2n) is 3.25. The summed E-state index contributed by atoms with van der Waals surface area (Å²) in [5.41, 5.74) is 5.30. The quantitative estimate of drug-likeness (QED) is 0.633. The third-order valence-electron chi connectivity index (χ3n) is 1.96. The van der Waals surface area contributed by atoms with Crippen LogP contribution in [0.15, 0.2) is 22.7 Å². The fourth-order valence-electron chi connectivity index (χ4n) is 1.06. The Morgan fingerprint density at radius 1 is 1.53 bits per heavy atom. The Morgan fingerprint density at radius 3 is 2.76 bits per heavy atom. The van der Waals surface area contributed by atoms with Gasteiger partial charge in [-0.25, -0.2) is 0 Å². The first-order valence-electron chi connectivity index (χ1n) is 4.62. The predicted octanol–water partition coefficient (Wildman–Crippen LogP) is 0.630. The van der Waals surface area contributed by atoms with Gasteiger partial charge in [0.25, 0.3) is 5.91 Å². The molecule has 17 heavy (non-hydrogen) atoms. The predicted molar refractivity (Wildman–Crippen MR) is 74.4 cm³/mol. The number of hydrogen-bond donors (Lipinski definition) is 3. The van der Waals surface area contributed by atoms with E-state index in [0.717, 1.165) is 3.57 Å². The van der Waals surface area contributed by atoms with E-state index in [-0.39, 0.29) is 12.5 Å². The average molecular weight is 413 g/mol. The highest BCUT2D eigenvalue weighted by Crippen LogP contribution is 2.19. The van der Waals surface area contributed by atoms with Crippen molar-refractivity contribution in [3.05, 3.63) is 31.8 Å². The van der Waals surface area contributed by atoms with Crippen molar-refractivity contribution in [2.45, 2.75) is 6.10 Å². The van der Waals surface area contributed by atoms with Crippen LogP contribution in [0.5, 0.6) is 0 Å². The van der Waals surface area contributed by atoms with Crippen molar-refractivity contribution in [1.82, 2.24) is 5.32 Å². The molecule has 7 heteroatoms. The van der Waals surface area contributed by atoms with Gasteiger partial charge >= 0.3 is 0 Å². The zero-order valence-corrected chi connectivity index (χ0v) is 12.4. The molecule has 1 rings (SSSR count). The van der Waals surface area contributed by atoms with Crippen molar-refractivity contribution in [1.29, 1.82) is 0 Å².